The molecule has 0 saturated heterocycles. The molecule has 0 aliphatic rings. The highest BCUT2D eigenvalue weighted by molar-refractivity contribution is 7.18. The van der Waals surface area contributed by atoms with Crippen molar-refractivity contribution in [2.24, 2.45) is 0 Å². The Kier molecular flexibility index (Phi) is 3.42. The molecule has 0 aliphatic carbocycles. The van der Waals surface area contributed by atoms with Crippen molar-refractivity contribution in [2.45, 2.75) is 20.4 Å². The number of nitrogens with one attached hydrogen (secondary N) is 1. The van der Waals surface area contributed by atoms with E-state index in [2.05, 4.69) is 34.1 Å². The van der Waals surface area contributed by atoms with Crippen LogP contribution in [0.3, 0.4) is 0 Å². The van der Waals surface area contributed by atoms with Gasteiger partial charge in [-0.15, -0.1) is 11.3 Å². The minimum atomic E-state index is -0.300. The summed E-state index contributed by atoms with van der Waals surface area (Å²) in [6, 6.07) is 1.72. The molecule has 3 aromatic heterocycles. The lowest BCUT2D eigenvalue weighted by Gasteiger charge is -2.07. The van der Waals surface area contributed by atoms with Gasteiger partial charge in [0.15, 0.2) is 5.82 Å². The fourth-order valence-electron chi connectivity index (χ4n) is 2.21. The molecule has 0 aromatic carbocycles. The Morgan fingerprint density at radius 3 is 2.86 bits per heavy atom. The van der Waals surface area contributed by atoms with Gasteiger partial charge in [-0.05, 0) is 25.5 Å². The molecule has 108 valence electrons. The van der Waals surface area contributed by atoms with Crippen LogP contribution in [0.1, 0.15) is 16.3 Å². The second kappa shape index (κ2) is 5.25. The second-order valence-corrected chi connectivity index (χ2v) is 5.94. The summed E-state index contributed by atoms with van der Waals surface area (Å²) in [7, 11) is 1.84. The first-order valence-corrected chi connectivity index (χ1v) is 7.37. The van der Waals surface area contributed by atoms with E-state index in [1.54, 1.807) is 23.6 Å². The zero-order chi connectivity index (χ0) is 15.0. The van der Waals surface area contributed by atoms with Crippen LogP contribution in [0.25, 0.3) is 10.2 Å². The van der Waals surface area contributed by atoms with Crippen molar-refractivity contribution in [3.05, 3.63) is 45.2 Å². The first-order valence-electron chi connectivity index (χ1n) is 6.56. The van der Waals surface area contributed by atoms with Crippen LogP contribution in [-0.2, 0) is 6.54 Å². The molecule has 0 aliphatic heterocycles. The number of aromatic nitrogens is 4. The van der Waals surface area contributed by atoms with Gasteiger partial charge in [-0.1, -0.05) is 0 Å². The van der Waals surface area contributed by atoms with Gasteiger partial charge in [0, 0.05) is 24.3 Å². The molecule has 0 spiro atoms. The fraction of sp³-hybridized carbons (Fsp3) is 0.286. The van der Waals surface area contributed by atoms with E-state index in [0.717, 1.165) is 16.0 Å². The quantitative estimate of drug-likeness (QED) is 0.800. The molecule has 7 heteroatoms. The first kappa shape index (κ1) is 13.7. The standard InChI is InChI=1S/C14H15N5OS/c1-8-9(2)21-13-11(8)12(15-3)17-10(18-13)7-19-6-4-5-16-14(19)20/h4-6H,7H2,1-3H3,(H,15,17,18). The number of rotatable bonds is 3. The van der Waals surface area contributed by atoms with Crippen molar-refractivity contribution in [1.29, 1.82) is 0 Å². The molecule has 0 amide bonds. The van der Waals surface area contributed by atoms with E-state index >= 15 is 0 Å². The Hall–Kier alpha value is -2.28. The Labute approximate surface area is 125 Å². The minimum absolute atomic E-state index is 0.300. The average Bonchev–Trinajstić information content (AvgIpc) is 2.76. The number of fused-ring (bicyclic) bond motifs is 1. The predicted octanol–water partition coefficient (Wildman–Crippen LogP) is 1.95. The molecular weight excluding hydrogens is 286 g/mol. The third-order valence-corrected chi connectivity index (χ3v) is 4.51. The number of anilines is 1. The van der Waals surface area contributed by atoms with Gasteiger partial charge >= 0.3 is 5.69 Å². The maximum Gasteiger partial charge on any atom is 0.347 e. The Bertz CT molecular complexity index is 867. The maximum atomic E-state index is 11.7. The largest absolute Gasteiger partial charge is 0.372 e. The smallest absolute Gasteiger partial charge is 0.347 e. The van der Waals surface area contributed by atoms with Gasteiger partial charge in [0.25, 0.3) is 0 Å². The fourth-order valence-corrected chi connectivity index (χ4v) is 3.25. The predicted molar refractivity (Wildman–Crippen MR) is 84.0 cm³/mol. The molecule has 0 unspecified atom stereocenters. The van der Waals surface area contributed by atoms with E-state index in [0.29, 0.717) is 12.4 Å². The number of hydrogen-bond donors (Lipinski definition) is 1. The summed E-state index contributed by atoms with van der Waals surface area (Å²) >= 11 is 1.64. The maximum absolute atomic E-state index is 11.7. The van der Waals surface area contributed by atoms with Gasteiger partial charge in [0.2, 0.25) is 0 Å². The van der Waals surface area contributed by atoms with Crippen LogP contribution < -0.4 is 11.0 Å². The molecule has 0 saturated carbocycles. The van der Waals surface area contributed by atoms with Crippen LogP contribution in [0.4, 0.5) is 5.82 Å². The molecule has 3 heterocycles. The van der Waals surface area contributed by atoms with Crippen LogP contribution in [0.2, 0.25) is 0 Å². The first-order chi connectivity index (χ1) is 10.1. The zero-order valence-corrected chi connectivity index (χ0v) is 12.9. The van der Waals surface area contributed by atoms with E-state index in [1.165, 1.54) is 21.2 Å². The molecule has 1 N–H and O–H groups in total. The summed E-state index contributed by atoms with van der Waals surface area (Å²) in [6.07, 6.45) is 3.17. The minimum Gasteiger partial charge on any atom is -0.372 e. The summed E-state index contributed by atoms with van der Waals surface area (Å²) < 4.78 is 1.49. The summed E-state index contributed by atoms with van der Waals surface area (Å²) in [5, 5.41) is 4.18. The monoisotopic (exact) mass is 301 g/mol. The molecule has 21 heavy (non-hydrogen) atoms. The van der Waals surface area contributed by atoms with Gasteiger partial charge < -0.3 is 5.32 Å². The lowest BCUT2D eigenvalue weighted by Crippen LogP contribution is -2.23. The molecule has 0 fully saturated rings. The normalized spacial score (nSPS) is 11.0. The third-order valence-electron chi connectivity index (χ3n) is 3.41. The lowest BCUT2D eigenvalue weighted by atomic mass is 10.2. The van der Waals surface area contributed by atoms with E-state index in [-0.39, 0.29) is 5.69 Å². The van der Waals surface area contributed by atoms with Gasteiger partial charge in [0.05, 0.1) is 11.9 Å². The van der Waals surface area contributed by atoms with E-state index < -0.39 is 0 Å². The highest BCUT2D eigenvalue weighted by atomic mass is 32.1. The highest BCUT2D eigenvalue weighted by Crippen LogP contribution is 2.32. The van der Waals surface area contributed by atoms with Crippen LogP contribution in [0.15, 0.2) is 23.3 Å². The molecule has 0 radical (unpaired) electrons. The van der Waals surface area contributed by atoms with Crippen LogP contribution in [0, 0.1) is 13.8 Å². The molecular formula is C14H15N5OS. The van der Waals surface area contributed by atoms with Gasteiger partial charge in [0.1, 0.15) is 10.6 Å². The van der Waals surface area contributed by atoms with Crippen molar-refractivity contribution >= 4 is 27.4 Å². The number of aryl methyl sites for hydroxylation is 2. The van der Waals surface area contributed by atoms with Gasteiger partial charge in [-0.2, -0.15) is 0 Å². The van der Waals surface area contributed by atoms with Crippen molar-refractivity contribution in [3.8, 4) is 0 Å². The SMILES string of the molecule is CNc1nc(Cn2cccnc2=O)nc2sc(C)c(C)c12. The summed E-state index contributed by atoms with van der Waals surface area (Å²) in [6.45, 7) is 4.46. The van der Waals surface area contributed by atoms with Crippen LogP contribution >= 0.6 is 11.3 Å². The number of hydrogen-bond acceptors (Lipinski definition) is 6. The Balaban J connectivity index is 2.12. The van der Waals surface area contributed by atoms with Crippen LogP contribution in [0.5, 0.6) is 0 Å². The summed E-state index contributed by atoms with van der Waals surface area (Å²) in [5.74, 6) is 1.40. The summed E-state index contributed by atoms with van der Waals surface area (Å²) in [4.78, 5) is 26.7. The molecule has 0 bridgehead atoms. The Morgan fingerprint density at radius 1 is 1.33 bits per heavy atom. The second-order valence-electron chi connectivity index (χ2n) is 4.73. The van der Waals surface area contributed by atoms with E-state index in [1.807, 2.05) is 7.05 Å². The average molecular weight is 301 g/mol. The van der Waals surface area contributed by atoms with E-state index in [9.17, 15) is 4.79 Å². The highest BCUT2D eigenvalue weighted by Gasteiger charge is 2.14. The van der Waals surface area contributed by atoms with Crippen molar-refractivity contribution in [3.63, 3.8) is 0 Å². The van der Waals surface area contributed by atoms with Crippen molar-refractivity contribution in [1.82, 2.24) is 19.5 Å². The third kappa shape index (κ3) is 2.40. The number of nitrogens with zero attached hydrogens (tertiary/aromatic N) is 4. The van der Waals surface area contributed by atoms with Crippen molar-refractivity contribution in [2.75, 3.05) is 12.4 Å². The molecule has 3 rings (SSSR count). The molecule has 3 aromatic rings. The number of thiophene rings is 1. The topological polar surface area (TPSA) is 72.7 Å². The van der Waals surface area contributed by atoms with Gasteiger partial charge in [-0.3, -0.25) is 4.57 Å². The lowest BCUT2D eigenvalue weighted by molar-refractivity contribution is 0.695. The van der Waals surface area contributed by atoms with Crippen molar-refractivity contribution < 1.29 is 0 Å². The Morgan fingerprint density at radius 2 is 2.14 bits per heavy atom. The molecule has 0 atom stereocenters. The molecule has 6 nitrogen and oxygen atoms in total. The van der Waals surface area contributed by atoms with Crippen LogP contribution in [-0.4, -0.2) is 26.6 Å². The zero-order valence-electron chi connectivity index (χ0n) is 12.0. The van der Waals surface area contributed by atoms with Gasteiger partial charge in [-0.25, -0.2) is 19.7 Å². The summed E-state index contributed by atoms with van der Waals surface area (Å²) in [5.41, 5.74) is 0.898. The van der Waals surface area contributed by atoms with E-state index in [4.69, 9.17) is 0 Å².